The molecule has 2 heterocycles. The first-order chi connectivity index (χ1) is 12.7. The van der Waals surface area contributed by atoms with Gasteiger partial charge in [0.15, 0.2) is 0 Å². The molecule has 1 saturated carbocycles. The molecule has 1 aliphatic carbocycles. The molecule has 0 unspecified atom stereocenters. The van der Waals surface area contributed by atoms with Gasteiger partial charge in [-0.25, -0.2) is 0 Å². The van der Waals surface area contributed by atoms with Crippen LogP contribution in [0.25, 0.3) is 0 Å². The van der Waals surface area contributed by atoms with Crippen molar-refractivity contribution in [2.24, 2.45) is 5.92 Å². The number of carbonyl (C=O) groups excluding carboxylic acids is 2. The third kappa shape index (κ3) is 3.93. The van der Waals surface area contributed by atoms with E-state index in [1.54, 1.807) is 0 Å². The summed E-state index contributed by atoms with van der Waals surface area (Å²) in [5, 5.41) is 3.00. The lowest BCUT2D eigenvalue weighted by Gasteiger charge is -2.23. The lowest BCUT2D eigenvalue weighted by Crippen LogP contribution is -2.35. The van der Waals surface area contributed by atoms with Crippen molar-refractivity contribution in [2.75, 3.05) is 25.0 Å². The smallest absolute Gasteiger partial charge is 0.229 e. The standard InChI is InChI=1S/C21H29N3O2/c25-20-13-17(15-24(20)19-5-1-2-6-19)21(26)22-18-9-7-16(8-10-18)14-23-11-3-4-12-23/h7-10,17,19H,1-6,11-15H2,(H,22,26)/t17-/m0/s1. The van der Waals surface area contributed by atoms with Crippen LogP contribution in [0.5, 0.6) is 0 Å². The molecule has 0 bridgehead atoms. The normalized spacial score (nSPS) is 24.5. The van der Waals surface area contributed by atoms with Crippen LogP contribution in [-0.4, -0.2) is 47.3 Å². The topological polar surface area (TPSA) is 52.7 Å². The summed E-state index contributed by atoms with van der Waals surface area (Å²) in [6, 6.07) is 8.52. The maximum Gasteiger partial charge on any atom is 0.229 e. The van der Waals surface area contributed by atoms with E-state index in [1.165, 1.54) is 44.3 Å². The maximum absolute atomic E-state index is 12.6. The first-order valence-corrected chi connectivity index (χ1v) is 10.1. The highest BCUT2D eigenvalue weighted by Crippen LogP contribution is 2.30. The highest BCUT2D eigenvalue weighted by atomic mass is 16.2. The molecule has 4 rings (SSSR count). The zero-order valence-electron chi connectivity index (χ0n) is 15.5. The number of rotatable bonds is 5. The van der Waals surface area contributed by atoms with Crippen LogP contribution in [-0.2, 0) is 16.1 Å². The number of carbonyl (C=O) groups is 2. The van der Waals surface area contributed by atoms with Crippen LogP contribution in [0.1, 0.15) is 50.5 Å². The first-order valence-electron chi connectivity index (χ1n) is 10.1. The summed E-state index contributed by atoms with van der Waals surface area (Å²) in [7, 11) is 0. The van der Waals surface area contributed by atoms with Crippen LogP contribution < -0.4 is 5.32 Å². The Morgan fingerprint density at radius 3 is 2.42 bits per heavy atom. The van der Waals surface area contributed by atoms with Crippen molar-refractivity contribution >= 4 is 17.5 Å². The predicted molar refractivity (Wildman–Crippen MR) is 102 cm³/mol. The Labute approximate surface area is 155 Å². The molecule has 5 heteroatoms. The van der Waals surface area contributed by atoms with Crippen molar-refractivity contribution in [2.45, 2.75) is 57.5 Å². The van der Waals surface area contributed by atoms with Crippen LogP contribution in [0.15, 0.2) is 24.3 Å². The SMILES string of the molecule is O=C(Nc1ccc(CN2CCCC2)cc1)[C@H]1CC(=O)N(C2CCCC2)C1. The quantitative estimate of drug-likeness (QED) is 0.883. The predicted octanol–water partition coefficient (Wildman–Crippen LogP) is 3.01. The average molecular weight is 355 g/mol. The van der Waals surface area contributed by atoms with Crippen molar-refractivity contribution < 1.29 is 9.59 Å². The summed E-state index contributed by atoms with van der Waals surface area (Å²) < 4.78 is 0. The maximum atomic E-state index is 12.6. The second-order valence-corrected chi connectivity index (χ2v) is 8.05. The molecule has 1 atom stereocenters. The number of nitrogens with zero attached hydrogens (tertiary/aromatic N) is 2. The zero-order valence-corrected chi connectivity index (χ0v) is 15.5. The van der Waals surface area contributed by atoms with Gasteiger partial charge in [0.05, 0.1) is 5.92 Å². The van der Waals surface area contributed by atoms with E-state index >= 15 is 0 Å². The molecular weight excluding hydrogens is 326 g/mol. The van der Waals surface area contributed by atoms with Crippen LogP contribution in [0.2, 0.25) is 0 Å². The van der Waals surface area contributed by atoms with Crippen LogP contribution >= 0.6 is 0 Å². The minimum atomic E-state index is -0.215. The lowest BCUT2D eigenvalue weighted by molar-refractivity contribution is -0.129. The molecule has 2 saturated heterocycles. The van der Waals surface area contributed by atoms with Gasteiger partial charge in [-0.1, -0.05) is 25.0 Å². The number of hydrogen-bond donors (Lipinski definition) is 1. The lowest BCUT2D eigenvalue weighted by atomic mass is 10.1. The number of benzene rings is 1. The van der Waals surface area contributed by atoms with Crippen molar-refractivity contribution in [3.8, 4) is 0 Å². The number of likely N-dealkylation sites (tertiary alicyclic amines) is 2. The Bertz CT molecular complexity index is 646. The Morgan fingerprint density at radius 2 is 1.73 bits per heavy atom. The fraction of sp³-hybridized carbons (Fsp3) is 0.619. The second-order valence-electron chi connectivity index (χ2n) is 8.05. The minimum absolute atomic E-state index is 0.0221. The Morgan fingerprint density at radius 1 is 1.04 bits per heavy atom. The van der Waals surface area contributed by atoms with Gasteiger partial charge in [0.25, 0.3) is 0 Å². The van der Waals surface area contributed by atoms with Gasteiger partial charge >= 0.3 is 0 Å². The van der Waals surface area contributed by atoms with Gasteiger partial charge in [0.2, 0.25) is 11.8 Å². The number of nitrogens with one attached hydrogen (secondary N) is 1. The van der Waals surface area contributed by atoms with Gasteiger partial charge in [-0.15, -0.1) is 0 Å². The monoisotopic (exact) mass is 355 g/mol. The average Bonchev–Trinajstić information content (AvgIpc) is 3.38. The van der Waals surface area contributed by atoms with E-state index in [9.17, 15) is 9.59 Å². The third-order valence-electron chi connectivity index (χ3n) is 6.12. The summed E-state index contributed by atoms with van der Waals surface area (Å²) in [6.07, 6.45) is 7.55. The molecule has 3 aliphatic rings. The summed E-state index contributed by atoms with van der Waals surface area (Å²) in [6.45, 7) is 3.95. The Hall–Kier alpha value is -1.88. The van der Waals surface area contributed by atoms with Crippen molar-refractivity contribution in [1.29, 1.82) is 0 Å². The fourth-order valence-corrected chi connectivity index (χ4v) is 4.61. The van der Waals surface area contributed by atoms with Crippen molar-refractivity contribution in [1.82, 2.24) is 9.80 Å². The van der Waals surface area contributed by atoms with Gasteiger partial charge < -0.3 is 10.2 Å². The Kier molecular flexibility index (Phi) is 5.25. The van der Waals surface area contributed by atoms with Gasteiger partial charge in [0, 0.05) is 31.2 Å². The van der Waals surface area contributed by atoms with Crippen molar-refractivity contribution in [3.63, 3.8) is 0 Å². The zero-order chi connectivity index (χ0) is 17.9. The van der Waals surface area contributed by atoms with Crippen LogP contribution in [0.4, 0.5) is 5.69 Å². The van der Waals surface area contributed by atoms with E-state index in [4.69, 9.17) is 0 Å². The van der Waals surface area contributed by atoms with Gasteiger partial charge in [-0.2, -0.15) is 0 Å². The molecule has 1 aromatic carbocycles. The minimum Gasteiger partial charge on any atom is -0.339 e. The second kappa shape index (κ2) is 7.78. The Balaban J connectivity index is 1.30. The third-order valence-corrected chi connectivity index (χ3v) is 6.12. The van der Waals surface area contributed by atoms with Gasteiger partial charge in [0.1, 0.15) is 0 Å². The van der Waals surface area contributed by atoms with E-state index in [2.05, 4.69) is 22.3 Å². The van der Waals surface area contributed by atoms with E-state index in [1.807, 2.05) is 17.0 Å². The highest BCUT2D eigenvalue weighted by Gasteiger charge is 2.38. The molecule has 2 aliphatic heterocycles. The molecular formula is C21H29N3O2. The van der Waals surface area contributed by atoms with E-state index < -0.39 is 0 Å². The molecule has 26 heavy (non-hydrogen) atoms. The van der Waals surface area contributed by atoms with Gasteiger partial charge in [-0.05, 0) is 56.5 Å². The number of amides is 2. The molecule has 5 nitrogen and oxygen atoms in total. The molecule has 2 amide bonds. The first kappa shape index (κ1) is 17.5. The van der Waals surface area contributed by atoms with Crippen molar-refractivity contribution in [3.05, 3.63) is 29.8 Å². The van der Waals surface area contributed by atoms with Crippen LogP contribution in [0.3, 0.4) is 0 Å². The molecule has 1 N–H and O–H groups in total. The molecule has 3 fully saturated rings. The summed E-state index contributed by atoms with van der Waals surface area (Å²) >= 11 is 0. The summed E-state index contributed by atoms with van der Waals surface area (Å²) in [5.41, 5.74) is 2.11. The van der Waals surface area contributed by atoms with Gasteiger partial charge in [-0.3, -0.25) is 14.5 Å². The van der Waals surface area contributed by atoms with Crippen LogP contribution in [0, 0.1) is 5.92 Å². The largest absolute Gasteiger partial charge is 0.339 e. The summed E-state index contributed by atoms with van der Waals surface area (Å²) in [5.74, 6) is -0.0865. The number of anilines is 1. The van der Waals surface area contributed by atoms with E-state index in [0.717, 1.165) is 25.1 Å². The fourth-order valence-electron chi connectivity index (χ4n) is 4.61. The number of hydrogen-bond acceptors (Lipinski definition) is 3. The molecule has 1 aromatic rings. The summed E-state index contributed by atoms with van der Waals surface area (Å²) in [4.78, 5) is 29.3. The molecule has 0 radical (unpaired) electrons. The molecule has 0 aromatic heterocycles. The van der Waals surface area contributed by atoms with E-state index in [-0.39, 0.29) is 17.7 Å². The highest BCUT2D eigenvalue weighted by molar-refractivity contribution is 5.97. The molecule has 140 valence electrons. The van der Waals surface area contributed by atoms with E-state index in [0.29, 0.717) is 19.0 Å². The molecule has 0 spiro atoms.